The van der Waals surface area contributed by atoms with Crippen LogP contribution in [0.3, 0.4) is 0 Å². The quantitative estimate of drug-likeness (QED) is 0.812. The molecule has 114 valence electrons. The van der Waals surface area contributed by atoms with Gasteiger partial charge in [-0.1, -0.05) is 0 Å². The number of hydrogen-bond donors (Lipinski definition) is 0. The molecule has 2 aromatic rings. The average Bonchev–Trinajstić information content (AvgIpc) is 2.77. The topological polar surface area (TPSA) is 50.1 Å². The number of hydrogen-bond acceptors (Lipinski definition) is 5. The van der Waals surface area contributed by atoms with Crippen LogP contribution in [-0.4, -0.2) is 47.4 Å². The van der Waals surface area contributed by atoms with E-state index in [1.54, 1.807) is 6.33 Å². The molecule has 0 bridgehead atoms. The minimum absolute atomic E-state index is 0.922. The molecule has 0 aliphatic heterocycles. The van der Waals surface area contributed by atoms with Crippen LogP contribution in [-0.2, 0) is 6.54 Å². The van der Waals surface area contributed by atoms with Gasteiger partial charge >= 0.3 is 0 Å². The Morgan fingerprint density at radius 1 is 1.05 bits per heavy atom. The van der Waals surface area contributed by atoms with Crippen LogP contribution in [0.1, 0.15) is 17.8 Å². The maximum Gasteiger partial charge on any atom is 0.133 e. The normalized spacial score (nSPS) is 10.7. The Kier molecular flexibility index (Phi) is 4.77. The highest BCUT2D eigenvalue weighted by Gasteiger charge is 2.06. The van der Waals surface area contributed by atoms with E-state index in [0.29, 0.717) is 0 Å². The molecular weight excluding hydrogens is 264 g/mol. The van der Waals surface area contributed by atoms with Crippen LogP contribution in [0, 0.1) is 13.8 Å². The average molecular weight is 288 g/mol. The molecule has 2 rings (SSSR count). The van der Waals surface area contributed by atoms with Crippen LogP contribution >= 0.6 is 0 Å². The van der Waals surface area contributed by atoms with Crippen LogP contribution in [0.4, 0.5) is 11.6 Å². The van der Waals surface area contributed by atoms with Crippen LogP contribution in [0.25, 0.3) is 0 Å². The number of rotatable bonds is 6. The molecule has 0 atom stereocenters. The van der Waals surface area contributed by atoms with Gasteiger partial charge in [-0.25, -0.2) is 9.97 Å². The highest BCUT2D eigenvalue weighted by atomic mass is 15.3. The van der Waals surface area contributed by atoms with Crippen molar-refractivity contribution in [2.24, 2.45) is 0 Å². The molecule has 6 heteroatoms. The van der Waals surface area contributed by atoms with Gasteiger partial charge in [-0.3, -0.25) is 4.68 Å². The summed E-state index contributed by atoms with van der Waals surface area (Å²) < 4.78 is 2.06. The molecular formula is C15H24N6. The van der Waals surface area contributed by atoms with Gasteiger partial charge in [-0.15, -0.1) is 0 Å². The molecule has 0 saturated heterocycles. The Morgan fingerprint density at radius 3 is 2.38 bits per heavy atom. The van der Waals surface area contributed by atoms with Crippen LogP contribution in [0.5, 0.6) is 0 Å². The zero-order chi connectivity index (χ0) is 15.4. The third-order valence-corrected chi connectivity index (χ3v) is 3.45. The van der Waals surface area contributed by atoms with E-state index in [2.05, 4.69) is 44.7 Å². The third kappa shape index (κ3) is 3.93. The van der Waals surface area contributed by atoms with Crippen molar-refractivity contribution in [2.45, 2.75) is 26.8 Å². The Morgan fingerprint density at radius 2 is 1.76 bits per heavy atom. The van der Waals surface area contributed by atoms with Gasteiger partial charge in [0, 0.05) is 46.0 Å². The van der Waals surface area contributed by atoms with Crippen molar-refractivity contribution < 1.29 is 0 Å². The van der Waals surface area contributed by atoms with Gasteiger partial charge in [-0.2, -0.15) is 5.10 Å². The van der Waals surface area contributed by atoms with Crippen LogP contribution in [0.15, 0.2) is 18.5 Å². The fraction of sp³-hybridized carbons (Fsp3) is 0.533. The number of nitrogens with zero attached hydrogens (tertiary/aromatic N) is 6. The molecule has 0 aliphatic carbocycles. The molecule has 0 aromatic carbocycles. The lowest BCUT2D eigenvalue weighted by molar-refractivity contribution is 0.561. The first kappa shape index (κ1) is 15.3. The lowest BCUT2D eigenvalue weighted by Gasteiger charge is -2.20. The number of aryl methyl sites for hydroxylation is 3. The highest BCUT2D eigenvalue weighted by molar-refractivity contribution is 5.48. The molecule has 0 saturated carbocycles. The monoisotopic (exact) mass is 288 g/mol. The van der Waals surface area contributed by atoms with E-state index in [1.807, 2.05) is 32.0 Å². The summed E-state index contributed by atoms with van der Waals surface area (Å²) in [6.07, 6.45) is 2.64. The molecule has 0 amide bonds. The molecule has 0 radical (unpaired) electrons. The van der Waals surface area contributed by atoms with E-state index in [-0.39, 0.29) is 0 Å². The van der Waals surface area contributed by atoms with Crippen molar-refractivity contribution >= 4 is 11.6 Å². The summed E-state index contributed by atoms with van der Waals surface area (Å²) in [6.45, 7) is 5.98. The summed E-state index contributed by atoms with van der Waals surface area (Å²) in [5.41, 5.74) is 2.29. The van der Waals surface area contributed by atoms with Crippen LogP contribution in [0.2, 0.25) is 0 Å². The Hall–Kier alpha value is -2.11. The Bertz CT molecular complexity index is 590. The van der Waals surface area contributed by atoms with E-state index in [1.165, 1.54) is 5.69 Å². The summed E-state index contributed by atoms with van der Waals surface area (Å²) in [7, 11) is 6.02. The first-order valence-corrected chi connectivity index (χ1v) is 7.19. The van der Waals surface area contributed by atoms with E-state index in [9.17, 15) is 0 Å². The maximum atomic E-state index is 4.48. The first-order chi connectivity index (χ1) is 9.97. The predicted molar refractivity (Wildman–Crippen MR) is 85.9 cm³/mol. The number of anilines is 2. The second kappa shape index (κ2) is 6.56. The van der Waals surface area contributed by atoms with Crippen molar-refractivity contribution in [3.05, 3.63) is 29.8 Å². The molecule has 0 N–H and O–H groups in total. The minimum atomic E-state index is 0.922. The largest absolute Gasteiger partial charge is 0.363 e. The maximum absolute atomic E-state index is 4.48. The fourth-order valence-corrected chi connectivity index (χ4v) is 2.26. The molecule has 21 heavy (non-hydrogen) atoms. The summed E-state index contributed by atoms with van der Waals surface area (Å²) in [6, 6.07) is 4.11. The fourth-order valence-electron chi connectivity index (χ4n) is 2.26. The molecule has 0 spiro atoms. The van der Waals surface area contributed by atoms with E-state index in [4.69, 9.17) is 0 Å². The van der Waals surface area contributed by atoms with Crippen LogP contribution < -0.4 is 9.80 Å². The van der Waals surface area contributed by atoms with Crippen molar-refractivity contribution in [1.82, 2.24) is 19.7 Å². The minimum Gasteiger partial charge on any atom is -0.363 e. The summed E-state index contributed by atoms with van der Waals surface area (Å²) in [4.78, 5) is 12.7. The summed E-state index contributed by atoms with van der Waals surface area (Å²) in [5, 5.41) is 4.48. The van der Waals surface area contributed by atoms with E-state index in [0.717, 1.165) is 36.8 Å². The SMILES string of the molecule is Cc1cc(C)n(CCCN(C)c2cc(N(C)C)ncn2)n1. The van der Waals surface area contributed by atoms with Gasteiger partial charge in [-0.05, 0) is 26.3 Å². The molecule has 0 fully saturated rings. The van der Waals surface area contributed by atoms with Gasteiger partial charge < -0.3 is 9.80 Å². The van der Waals surface area contributed by atoms with Crippen molar-refractivity contribution in [3.8, 4) is 0 Å². The number of aromatic nitrogens is 4. The van der Waals surface area contributed by atoms with E-state index < -0.39 is 0 Å². The van der Waals surface area contributed by atoms with Gasteiger partial charge in [0.05, 0.1) is 5.69 Å². The Balaban J connectivity index is 1.91. The van der Waals surface area contributed by atoms with Gasteiger partial charge in [0.15, 0.2) is 0 Å². The predicted octanol–water partition coefficient (Wildman–Crippen LogP) is 1.88. The second-order valence-electron chi connectivity index (χ2n) is 5.55. The summed E-state index contributed by atoms with van der Waals surface area (Å²) >= 11 is 0. The molecule has 6 nitrogen and oxygen atoms in total. The lowest BCUT2D eigenvalue weighted by Crippen LogP contribution is -2.22. The first-order valence-electron chi connectivity index (χ1n) is 7.19. The molecule has 0 unspecified atom stereocenters. The molecule has 0 aliphatic rings. The van der Waals surface area contributed by atoms with Crippen molar-refractivity contribution in [3.63, 3.8) is 0 Å². The molecule has 2 aromatic heterocycles. The highest BCUT2D eigenvalue weighted by Crippen LogP contribution is 2.14. The van der Waals surface area contributed by atoms with Gasteiger partial charge in [0.25, 0.3) is 0 Å². The Labute approximate surface area is 126 Å². The smallest absolute Gasteiger partial charge is 0.133 e. The zero-order valence-corrected chi connectivity index (χ0v) is 13.5. The lowest BCUT2D eigenvalue weighted by atomic mass is 10.3. The molecule has 2 heterocycles. The second-order valence-corrected chi connectivity index (χ2v) is 5.55. The standard InChI is InChI=1S/C15H24N6/c1-12-9-13(2)21(18-12)8-6-7-20(5)15-10-14(19(3)4)16-11-17-15/h9-11H,6-8H2,1-5H3. The van der Waals surface area contributed by atoms with Crippen molar-refractivity contribution in [1.29, 1.82) is 0 Å². The van der Waals surface area contributed by atoms with Gasteiger partial charge in [0.1, 0.15) is 18.0 Å². The van der Waals surface area contributed by atoms with Gasteiger partial charge in [0.2, 0.25) is 0 Å². The zero-order valence-electron chi connectivity index (χ0n) is 13.5. The third-order valence-electron chi connectivity index (χ3n) is 3.45. The van der Waals surface area contributed by atoms with E-state index >= 15 is 0 Å². The van der Waals surface area contributed by atoms with Crippen molar-refractivity contribution in [2.75, 3.05) is 37.5 Å². The summed E-state index contributed by atoms with van der Waals surface area (Å²) in [5.74, 6) is 1.87.